The summed E-state index contributed by atoms with van der Waals surface area (Å²) in [5, 5.41) is 11.1. The number of carboxylic acid groups (broad SMARTS) is 1. The molecule has 0 heterocycles. The van der Waals surface area contributed by atoms with E-state index in [1.54, 1.807) is 28.6 Å². The standard InChI is InChI=1S/C27H33NO5S/c1-4-5-18-28(34(31,32)25-17-14-22-10-6-7-11-23(22)20-25)19-8-9-21-12-15-24(16-13-21)33-27(2,3)26(29)30/h6-7,10-17,20H,4-5,8-9,18-19H2,1-3H3,(H,29,30). The number of aryl methyl sites for hydroxylation is 1. The van der Waals surface area contributed by atoms with Crippen molar-refractivity contribution in [2.75, 3.05) is 13.1 Å². The SMILES string of the molecule is CCCCN(CCCc1ccc(OC(C)(C)C(=O)O)cc1)S(=O)(=O)c1ccc2ccccc2c1. The third kappa shape index (κ3) is 6.36. The van der Waals surface area contributed by atoms with Crippen molar-refractivity contribution >= 4 is 26.8 Å². The predicted octanol–water partition coefficient (Wildman–Crippen LogP) is 5.51. The third-order valence-corrected chi connectivity index (χ3v) is 7.70. The summed E-state index contributed by atoms with van der Waals surface area (Å²) in [5.74, 6) is -0.545. The van der Waals surface area contributed by atoms with E-state index in [1.807, 2.05) is 42.5 Å². The van der Waals surface area contributed by atoms with Crippen LogP contribution >= 0.6 is 0 Å². The molecule has 0 fully saturated rings. The minimum Gasteiger partial charge on any atom is -0.478 e. The average Bonchev–Trinajstić information content (AvgIpc) is 2.81. The van der Waals surface area contributed by atoms with Gasteiger partial charge in [-0.3, -0.25) is 0 Å². The number of hydrogen-bond donors (Lipinski definition) is 1. The van der Waals surface area contributed by atoms with Crippen LogP contribution < -0.4 is 4.74 Å². The van der Waals surface area contributed by atoms with Crippen LogP contribution in [0.3, 0.4) is 0 Å². The zero-order valence-electron chi connectivity index (χ0n) is 20.0. The highest BCUT2D eigenvalue weighted by Crippen LogP contribution is 2.23. The molecule has 0 unspecified atom stereocenters. The summed E-state index contributed by atoms with van der Waals surface area (Å²) in [6, 6.07) is 20.3. The van der Waals surface area contributed by atoms with Crippen molar-refractivity contribution in [3.63, 3.8) is 0 Å². The Morgan fingerprint density at radius 1 is 0.941 bits per heavy atom. The van der Waals surface area contributed by atoms with Crippen LogP contribution in [0.15, 0.2) is 71.6 Å². The zero-order valence-corrected chi connectivity index (χ0v) is 20.8. The van der Waals surface area contributed by atoms with Crippen molar-refractivity contribution in [2.24, 2.45) is 0 Å². The van der Waals surface area contributed by atoms with Crippen LogP contribution in [-0.2, 0) is 21.2 Å². The van der Waals surface area contributed by atoms with Crippen molar-refractivity contribution in [2.45, 2.75) is 57.0 Å². The molecule has 0 aliphatic heterocycles. The number of sulfonamides is 1. The Morgan fingerprint density at radius 3 is 2.24 bits per heavy atom. The third-order valence-electron chi connectivity index (χ3n) is 5.80. The van der Waals surface area contributed by atoms with Crippen LogP contribution in [0, 0.1) is 0 Å². The van der Waals surface area contributed by atoms with Gasteiger partial charge in [-0.2, -0.15) is 4.31 Å². The molecule has 0 bridgehead atoms. The molecule has 0 spiro atoms. The van der Waals surface area contributed by atoms with Gasteiger partial charge < -0.3 is 9.84 Å². The van der Waals surface area contributed by atoms with Gasteiger partial charge in [-0.25, -0.2) is 13.2 Å². The summed E-state index contributed by atoms with van der Waals surface area (Å²) in [4.78, 5) is 11.6. The highest BCUT2D eigenvalue weighted by atomic mass is 32.2. The molecule has 3 rings (SSSR count). The molecule has 3 aromatic rings. The first kappa shape index (κ1) is 25.7. The normalized spacial score (nSPS) is 12.2. The van der Waals surface area contributed by atoms with E-state index in [0.717, 1.165) is 29.2 Å². The van der Waals surface area contributed by atoms with E-state index < -0.39 is 21.6 Å². The van der Waals surface area contributed by atoms with Gasteiger partial charge in [-0.15, -0.1) is 0 Å². The van der Waals surface area contributed by atoms with Gasteiger partial charge in [0.15, 0.2) is 5.60 Å². The van der Waals surface area contributed by atoms with Crippen LogP contribution in [0.4, 0.5) is 0 Å². The Balaban J connectivity index is 1.67. The molecule has 0 amide bonds. The molecular formula is C27H33NO5S. The number of benzene rings is 3. The number of aliphatic carboxylic acids is 1. The van der Waals surface area contributed by atoms with E-state index in [9.17, 15) is 18.3 Å². The Morgan fingerprint density at radius 2 is 1.59 bits per heavy atom. The fourth-order valence-electron chi connectivity index (χ4n) is 3.69. The Labute approximate surface area is 202 Å². The first-order valence-electron chi connectivity index (χ1n) is 11.6. The van der Waals surface area contributed by atoms with Gasteiger partial charge in [0.05, 0.1) is 4.90 Å². The van der Waals surface area contributed by atoms with Gasteiger partial charge in [-0.05, 0) is 73.7 Å². The number of carbonyl (C=O) groups is 1. The second kappa shape index (κ2) is 11.0. The average molecular weight is 484 g/mol. The predicted molar refractivity (Wildman–Crippen MR) is 135 cm³/mol. The highest BCUT2D eigenvalue weighted by molar-refractivity contribution is 7.89. The van der Waals surface area contributed by atoms with E-state index in [0.29, 0.717) is 36.6 Å². The lowest BCUT2D eigenvalue weighted by atomic mass is 10.1. The fraction of sp³-hybridized carbons (Fsp3) is 0.370. The number of carboxylic acids is 1. The minimum absolute atomic E-state index is 0.324. The maximum Gasteiger partial charge on any atom is 0.347 e. The molecule has 0 atom stereocenters. The smallest absolute Gasteiger partial charge is 0.347 e. The highest BCUT2D eigenvalue weighted by Gasteiger charge is 2.29. The van der Waals surface area contributed by atoms with Crippen LogP contribution in [-0.4, -0.2) is 42.5 Å². The zero-order chi connectivity index (χ0) is 24.8. The van der Waals surface area contributed by atoms with Crippen molar-refractivity contribution in [3.05, 3.63) is 72.3 Å². The molecule has 0 saturated heterocycles. The van der Waals surface area contributed by atoms with Gasteiger partial charge in [0, 0.05) is 13.1 Å². The van der Waals surface area contributed by atoms with Gasteiger partial charge in [0.25, 0.3) is 0 Å². The largest absolute Gasteiger partial charge is 0.478 e. The summed E-state index contributed by atoms with van der Waals surface area (Å²) in [6.45, 7) is 5.98. The summed E-state index contributed by atoms with van der Waals surface area (Å²) >= 11 is 0. The van der Waals surface area contributed by atoms with Crippen LogP contribution in [0.1, 0.15) is 45.6 Å². The molecule has 6 nitrogen and oxygen atoms in total. The van der Waals surface area contributed by atoms with Crippen molar-refractivity contribution in [1.82, 2.24) is 4.31 Å². The van der Waals surface area contributed by atoms with Crippen molar-refractivity contribution < 1.29 is 23.1 Å². The maximum absolute atomic E-state index is 13.4. The molecule has 0 aliphatic carbocycles. The number of unbranched alkanes of at least 4 members (excludes halogenated alkanes) is 1. The number of nitrogens with zero attached hydrogens (tertiary/aromatic N) is 1. The molecule has 7 heteroatoms. The summed E-state index contributed by atoms with van der Waals surface area (Å²) < 4.78 is 34.0. The van der Waals surface area contributed by atoms with Gasteiger partial charge in [-0.1, -0.05) is 55.8 Å². The number of fused-ring (bicyclic) bond motifs is 1. The summed E-state index contributed by atoms with van der Waals surface area (Å²) in [6.07, 6.45) is 3.10. The van der Waals surface area contributed by atoms with Crippen LogP contribution in [0.5, 0.6) is 5.75 Å². The second-order valence-electron chi connectivity index (χ2n) is 8.93. The first-order valence-corrected chi connectivity index (χ1v) is 13.1. The first-order chi connectivity index (χ1) is 16.1. The lowest BCUT2D eigenvalue weighted by Crippen LogP contribution is -2.37. The molecule has 0 aliphatic rings. The Hall–Kier alpha value is -2.90. The lowest BCUT2D eigenvalue weighted by molar-refractivity contribution is -0.152. The van der Waals surface area contributed by atoms with Crippen molar-refractivity contribution in [1.29, 1.82) is 0 Å². The summed E-state index contributed by atoms with van der Waals surface area (Å²) in [5.41, 5.74) is -0.266. The number of rotatable bonds is 12. The Bertz CT molecular complexity index is 1220. The van der Waals surface area contributed by atoms with E-state index in [2.05, 4.69) is 6.92 Å². The molecule has 0 saturated carbocycles. The molecule has 0 aromatic heterocycles. The van der Waals surface area contributed by atoms with Crippen molar-refractivity contribution in [3.8, 4) is 5.75 Å². The Kier molecular flexibility index (Phi) is 8.33. The number of ether oxygens (including phenoxy) is 1. The minimum atomic E-state index is -3.60. The van der Waals surface area contributed by atoms with Gasteiger partial charge >= 0.3 is 5.97 Å². The molecule has 182 valence electrons. The van der Waals surface area contributed by atoms with E-state index in [4.69, 9.17) is 4.74 Å². The molecule has 3 aromatic carbocycles. The second-order valence-corrected chi connectivity index (χ2v) is 10.9. The molecule has 0 radical (unpaired) electrons. The van der Waals surface area contributed by atoms with Gasteiger partial charge in [0.2, 0.25) is 10.0 Å². The monoisotopic (exact) mass is 483 g/mol. The molecule has 1 N–H and O–H groups in total. The summed E-state index contributed by atoms with van der Waals surface area (Å²) in [7, 11) is -3.60. The van der Waals surface area contributed by atoms with E-state index in [1.165, 1.54) is 13.8 Å². The van der Waals surface area contributed by atoms with Crippen LogP contribution in [0.25, 0.3) is 10.8 Å². The maximum atomic E-state index is 13.4. The number of hydrogen-bond acceptors (Lipinski definition) is 4. The van der Waals surface area contributed by atoms with E-state index >= 15 is 0 Å². The lowest BCUT2D eigenvalue weighted by Gasteiger charge is -2.23. The van der Waals surface area contributed by atoms with E-state index in [-0.39, 0.29) is 0 Å². The fourth-order valence-corrected chi connectivity index (χ4v) is 5.24. The quantitative estimate of drug-likeness (QED) is 0.367. The molecule has 34 heavy (non-hydrogen) atoms. The van der Waals surface area contributed by atoms with Gasteiger partial charge in [0.1, 0.15) is 5.75 Å². The molecular weight excluding hydrogens is 450 g/mol. The van der Waals surface area contributed by atoms with Crippen LogP contribution in [0.2, 0.25) is 0 Å². The topological polar surface area (TPSA) is 83.9 Å².